The van der Waals surface area contributed by atoms with Crippen molar-refractivity contribution in [3.05, 3.63) is 30.7 Å². The van der Waals surface area contributed by atoms with Crippen LogP contribution in [-0.2, 0) is 0 Å². The lowest BCUT2D eigenvalue weighted by Gasteiger charge is -2.11. The maximum atomic E-state index is 4.03. The molecule has 2 heterocycles. The number of rotatable bonds is 2. The van der Waals surface area contributed by atoms with Crippen LogP contribution in [0.4, 0.5) is 5.82 Å². The molecule has 0 atom stereocenters. The number of H-pyrrole nitrogens is 1. The van der Waals surface area contributed by atoms with Crippen LogP contribution in [-0.4, -0.2) is 29.3 Å². The summed E-state index contributed by atoms with van der Waals surface area (Å²) in [6, 6.07) is 3.94. The van der Waals surface area contributed by atoms with Gasteiger partial charge in [-0.1, -0.05) is 0 Å². The van der Waals surface area contributed by atoms with E-state index in [0.29, 0.717) is 0 Å². The van der Waals surface area contributed by atoms with Gasteiger partial charge in [0.1, 0.15) is 5.82 Å². The predicted molar refractivity (Wildman–Crippen MR) is 56.1 cm³/mol. The molecule has 14 heavy (non-hydrogen) atoms. The predicted octanol–water partition coefficient (Wildman–Crippen LogP) is 1.54. The van der Waals surface area contributed by atoms with Gasteiger partial charge in [0.15, 0.2) is 0 Å². The van der Waals surface area contributed by atoms with Crippen LogP contribution in [0, 0.1) is 0 Å². The van der Waals surface area contributed by atoms with E-state index in [1.807, 2.05) is 37.3 Å². The minimum absolute atomic E-state index is 1.01. The summed E-state index contributed by atoms with van der Waals surface area (Å²) in [5, 5.41) is 6.99. The summed E-state index contributed by atoms with van der Waals surface area (Å²) in [4.78, 5) is 5.99. The Morgan fingerprint density at radius 3 is 2.57 bits per heavy atom. The molecule has 0 fully saturated rings. The third-order valence-electron chi connectivity index (χ3n) is 2.06. The standard InChI is InChI=1S/C10H12N4/c1-14(2)10-9(7-12-13-10)8-3-5-11-6-4-8/h3-7H,1-2H3,(H,12,13). The first-order valence-corrected chi connectivity index (χ1v) is 4.40. The molecule has 0 radical (unpaired) electrons. The quantitative estimate of drug-likeness (QED) is 0.777. The van der Waals surface area contributed by atoms with Gasteiger partial charge in [0.25, 0.3) is 0 Å². The van der Waals surface area contributed by atoms with E-state index in [9.17, 15) is 0 Å². The van der Waals surface area contributed by atoms with Crippen molar-refractivity contribution in [2.45, 2.75) is 0 Å². The molecular weight excluding hydrogens is 176 g/mol. The molecular formula is C10H12N4. The zero-order valence-corrected chi connectivity index (χ0v) is 8.23. The molecule has 0 aliphatic carbocycles. The number of nitrogens with one attached hydrogen (secondary N) is 1. The zero-order chi connectivity index (χ0) is 9.97. The van der Waals surface area contributed by atoms with Gasteiger partial charge in [0, 0.05) is 32.1 Å². The summed E-state index contributed by atoms with van der Waals surface area (Å²) >= 11 is 0. The molecule has 0 spiro atoms. The van der Waals surface area contributed by atoms with Gasteiger partial charge in [-0.3, -0.25) is 10.1 Å². The Hall–Kier alpha value is -1.84. The molecule has 0 aliphatic heterocycles. The second-order valence-corrected chi connectivity index (χ2v) is 3.26. The van der Waals surface area contributed by atoms with E-state index >= 15 is 0 Å². The minimum Gasteiger partial charge on any atom is -0.363 e. The zero-order valence-electron chi connectivity index (χ0n) is 8.23. The molecule has 0 aromatic carbocycles. The van der Waals surface area contributed by atoms with E-state index in [0.717, 1.165) is 16.9 Å². The summed E-state index contributed by atoms with van der Waals surface area (Å²) in [5.74, 6) is 1.01. The van der Waals surface area contributed by atoms with Crippen molar-refractivity contribution in [3.63, 3.8) is 0 Å². The van der Waals surface area contributed by atoms with Gasteiger partial charge >= 0.3 is 0 Å². The van der Waals surface area contributed by atoms with Crippen molar-refractivity contribution in [3.8, 4) is 11.1 Å². The van der Waals surface area contributed by atoms with E-state index in [4.69, 9.17) is 0 Å². The van der Waals surface area contributed by atoms with Gasteiger partial charge in [0.2, 0.25) is 0 Å². The molecule has 0 unspecified atom stereocenters. The summed E-state index contributed by atoms with van der Waals surface area (Å²) in [6.07, 6.45) is 5.38. The highest BCUT2D eigenvalue weighted by Crippen LogP contribution is 2.26. The Morgan fingerprint density at radius 2 is 1.93 bits per heavy atom. The molecule has 0 bridgehead atoms. The second-order valence-electron chi connectivity index (χ2n) is 3.26. The largest absolute Gasteiger partial charge is 0.363 e. The van der Waals surface area contributed by atoms with Crippen molar-refractivity contribution in [2.24, 2.45) is 0 Å². The van der Waals surface area contributed by atoms with Crippen molar-refractivity contribution >= 4 is 5.82 Å². The van der Waals surface area contributed by atoms with Gasteiger partial charge in [-0.15, -0.1) is 0 Å². The fraction of sp³-hybridized carbons (Fsp3) is 0.200. The second kappa shape index (κ2) is 3.49. The summed E-state index contributed by atoms with van der Waals surface area (Å²) in [7, 11) is 3.97. The lowest BCUT2D eigenvalue weighted by Crippen LogP contribution is -2.10. The summed E-state index contributed by atoms with van der Waals surface area (Å²) < 4.78 is 0. The first-order chi connectivity index (χ1) is 6.79. The third kappa shape index (κ3) is 1.46. The molecule has 0 aliphatic rings. The van der Waals surface area contributed by atoms with Crippen LogP contribution in [0.1, 0.15) is 0 Å². The van der Waals surface area contributed by atoms with Crippen LogP contribution >= 0.6 is 0 Å². The van der Waals surface area contributed by atoms with E-state index in [2.05, 4.69) is 15.2 Å². The molecule has 0 saturated heterocycles. The number of anilines is 1. The smallest absolute Gasteiger partial charge is 0.131 e. The normalized spacial score (nSPS) is 10.1. The van der Waals surface area contributed by atoms with Gasteiger partial charge in [-0.05, 0) is 17.7 Å². The van der Waals surface area contributed by atoms with Crippen molar-refractivity contribution < 1.29 is 0 Å². The molecule has 2 aromatic rings. The Labute approximate surface area is 82.6 Å². The molecule has 2 aromatic heterocycles. The molecule has 0 saturated carbocycles. The Balaban J connectivity index is 2.47. The monoisotopic (exact) mass is 188 g/mol. The fourth-order valence-electron chi connectivity index (χ4n) is 1.36. The van der Waals surface area contributed by atoms with Crippen LogP contribution in [0.15, 0.2) is 30.7 Å². The van der Waals surface area contributed by atoms with E-state index in [1.54, 1.807) is 12.4 Å². The number of hydrogen-bond donors (Lipinski definition) is 1. The first-order valence-electron chi connectivity index (χ1n) is 4.40. The Bertz CT molecular complexity index is 405. The van der Waals surface area contributed by atoms with Crippen LogP contribution in [0.25, 0.3) is 11.1 Å². The topological polar surface area (TPSA) is 44.8 Å². The maximum Gasteiger partial charge on any atom is 0.131 e. The highest BCUT2D eigenvalue weighted by Gasteiger charge is 2.08. The molecule has 0 amide bonds. The van der Waals surface area contributed by atoms with E-state index in [1.165, 1.54) is 0 Å². The highest BCUT2D eigenvalue weighted by atomic mass is 15.2. The van der Waals surface area contributed by atoms with Crippen molar-refractivity contribution in [1.82, 2.24) is 15.2 Å². The average molecular weight is 188 g/mol. The van der Waals surface area contributed by atoms with Crippen molar-refractivity contribution in [2.75, 3.05) is 19.0 Å². The van der Waals surface area contributed by atoms with Gasteiger partial charge in [0.05, 0.1) is 6.20 Å². The van der Waals surface area contributed by atoms with E-state index < -0.39 is 0 Å². The lowest BCUT2D eigenvalue weighted by molar-refractivity contribution is 1.01. The number of pyridine rings is 1. The lowest BCUT2D eigenvalue weighted by atomic mass is 10.1. The molecule has 72 valence electrons. The average Bonchev–Trinajstić information content (AvgIpc) is 2.67. The van der Waals surface area contributed by atoms with Crippen LogP contribution in [0.3, 0.4) is 0 Å². The molecule has 4 nitrogen and oxygen atoms in total. The molecule has 4 heteroatoms. The SMILES string of the molecule is CN(C)c1[nH]ncc1-c1ccncc1. The van der Waals surface area contributed by atoms with Crippen LogP contribution in [0.5, 0.6) is 0 Å². The third-order valence-corrected chi connectivity index (χ3v) is 2.06. The summed E-state index contributed by atoms with van der Waals surface area (Å²) in [6.45, 7) is 0. The first kappa shape index (κ1) is 8.74. The maximum absolute atomic E-state index is 4.03. The number of aromatic nitrogens is 3. The Morgan fingerprint density at radius 1 is 1.21 bits per heavy atom. The number of nitrogens with zero attached hydrogens (tertiary/aromatic N) is 3. The summed E-state index contributed by atoms with van der Waals surface area (Å²) in [5.41, 5.74) is 2.22. The fourth-order valence-corrected chi connectivity index (χ4v) is 1.36. The minimum atomic E-state index is 1.01. The van der Waals surface area contributed by atoms with E-state index in [-0.39, 0.29) is 0 Å². The van der Waals surface area contributed by atoms with Crippen molar-refractivity contribution in [1.29, 1.82) is 0 Å². The van der Waals surface area contributed by atoms with Crippen LogP contribution in [0.2, 0.25) is 0 Å². The van der Waals surface area contributed by atoms with Gasteiger partial charge < -0.3 is 4.90 Å². The molecule has 2 rings (SSSR count). The number of hydrogen-bond acceptors (Lipinski definition) is 3. The molecule has 1 N–H and O–H groups in total. The Kier molecular flexibility index (Phi) is 2.18. The number of aromatic amines is 1. The van der Waals surface area contributed by atoms with Gasteiger partial charge in [-0.25, -0.2) is 0 Å². The highest BCUT2D eigenvalue weighted by molar-refractivity contribution is 5.74. The van der Waals surface area contributed by atoms with Gasteiger partial charge in [-0.2, -0.15) is 5.10 Å². The van der Waals surface area contributed by atoms with Crippen LogP contribution < -0.4 is 4.90 Å².